The van der Waals surface area contributed by atoms with Crippen molar-refractivity contribution in [2.24, 2.45) is 7.05 Å². The monoisotopic (exact) mass is 291 g/mol. The minimum absolute atomic E-state index is 0.0768. The third-order valence-electron chi connectivity index (χ3n) is 4.24. The lowest BCUT2D eigenvalue weighted by Gasteiger charge is -2.05. The lowest BCUT2D eigenvalue weighted by Crippen LogP contribution is -1.96. The second kappa shape index (κ2) is 4.24. The van der Waals surface area contributed by atoms with Gasteiger partial charge >= 0.3 is 5.97 Å². The largest absolute Gasteiger partial charge is 0.507 e. The van der Waals surface area contributed by atoms with Crippen LogP contribution in [0.5, 0.6) is 5.75 Å². The molecule has 0 amide bonds. The summed E-state index contributed by atoms with van der Waals surface area (Å²) in [6.07, 6.45) is 0. The van der Waals surface area contributed by atoms with Gasteiger partial charge in [-0.25, -0.2) is 4.79 Å². The Kier molecular flexibility index (Phi) is 2.45. The summed E-state index contributed by atoms with van der Waals surface area (Å²) < 4.78 is 2.10. The summed E-state index contributed by atoms with van der Waals surface area (Å²) in [5.74, 6) is -1.34. The third kappa shape index (κ3) is 1.55. The van der Waals surface area contributed by atoms with Gasteiger partial charge in [-0.2, -0.15) is 0 Å². The van der Waals surface area contributed by atoms with Crippen LogP contribution < -0.4 is 0 Å². The third-order valence-corrected chi connectivity index (χ3v) is 4.24. The molecular weight excluding hydrogens is 278 g/mol. The molecular formula is C18H13NO3. The molecule has 0 unspecified atom stereocenters. The Hall–Kier alpha value is -3.01. The van der Waals surface area contributed by atoms with E-state index in [1.165, 1.54) is 6.07 Å². The van der Waals surface area contributed by atoms with Crippen LogP contribution in [0, 0.1) is 0 Å². The summed E-state index contributed by atoms with van der Waals surface area (Å²) in [5, 5.41) is 23.0. The zero-order valence-corrected chi connectivity index (χ0v) is 11.9. The Morgan fingerprint density at radius 1 is 1.00 bits per heavy atom. The van der Waals surface area contributed by atoms with Gasteiger partial charge in [0.1, 0.15) is 11.3 Å². The second-order valence-electron chi connectivity index (χ2n) is 5.43. The van der Waals surface area contributed by atoms with Gasteiger partial charge in [0.15, 0.2) is 0 Å². The number of para-hydroxylation sites is 1. The highest BCUT2D eigenvalue weighted by Gasteiger charge is 2.15. The van der Waals surface area contributed by atoms with Crippen molar-refractivity contribution >= 4 is 38.5 Å². The number of aromatic carboxylic acids is 1. The Balaban J connectivity index is 2.26. The summed E-state index contributed by atoms with van der Waals surface area (Å²) in [4.78, 5) is 11.2. The maximum atomic E-state index is 11.2. The van der Waals surface area contributed by atoms with E-state index in [9.17, 15) is 9.90 Å². The van der Waals surface area contributed by atoms with Gasteiger partial charge in [-0.05, 0) is 35.0 Å². The highest BCUT2D eigenvalue weighted by Crippen LogP contribution is 2.36. The van der Waals surface area contributed by atoms with E-state index in [0.717, 1.165) is 32.6 Å². The first-order valence-corrected chi connectivity index (χ1v) is 6.94. The molecule has 4 nitrogen and oxygen atoms in total. The number of carboxylic acids is 1. The second-order valence-corrected chi connectivity index (χ2v) is 5.43. The van der Waals surface area contributed by atoms with Gasteiger partial charge in [-0.15, -0.1) is 0 Å². The standard InChI is InChI=1S/C18H13NO3/c1-19-14-5-3-2-4-11(14)17-12-9-16(20)13(18(21)22)8-10(12)6-7-15(17)19/h2-9,20H,1H3,(H,21,22). The van der Waals surface area contributed by atoms with E-state index < -0.39 is 5.97 Å². The number of fused-ring (bicyclic) bond motifs is 5. The van der Waals surface area contributed by atoms with Crippen molar-refractivity contribution in [3.8, 4) is 5.75 Å². The Labute approximate surface area is 125 Å². The van der Waals surface area contributed by atoms with Gasteiger partial charge in [-0.1, -0.05) is 24.3 Å². The minimum Gasteiger partial charge on any atom is -0.507 e. The fourth-order valence-corrected chi connectivity index (χ4v) is 3.19. The van der Waals surface area contributed by atoms with E-state index >= 15 is 0 Å². The van der Waals surface area contributed by atoms with E-state index in [1.54, 1.807) is 6.07 Å². The molecule has 2 N–H and O–H groups in total. The maximum absolute atomic E-state index is 11.2. The van der Waals surface area contributed by atoms with E-state index in [1.807, 2.05) is 43.4 Å². The lowest BCUT2D eigenvalue weighted by molar-refractivity contribution is 0.0694. The molecule has 1 aromatic heterocycles. The fraction of sp³-hybridized carbons (Fsp3) is 0.0556. The normalized spacial score (nSPS) is 11.5. The summed E-state index contributed by atoms with van der Waals surface area (Å²) in [5.41, 5.74) is 2.08. The molecule has 0 radical (unpaired) electrons. The molecule has 4 rings (SSSR count). The van der Waals surface area contributed by atoms with Crippen LogP contribution >= 0.6 is 0 Å². The molecule has 22 heavy (non-hydrogen) atoms. The zero-order chi connectivity index (χ0) is 15.4. The molecule has 0 saturated carbocycles. The molecule has 0 aliphatic carbocycles. The summed E-state index contributed by atoms with van der Waals surface area (Å²) in [6, 6.07) is 15.0. The van der Waals surface area contributed by atoms with Crippen molar-refractivity contribution < 1.29 is 15.0 Å². The SMILES string of the molecule is Cn1c2ccccc2c2c3cc(O)c(C(=O)O)cc3ccc21. The van der Waals surface area contributed by atoms with Gasteiger partial charge in [-0.3, -0.25) is 0 Å². The van der Waals surface area contributed by atoms with Crippen LogP contribution in [0.15, 0.2) is 48.5 Å². The smallest absolute Gasteiger partial charge is 0.339 e. The Morgan fingerprint density at radius 3 is 2.55 bits per heavy atom. The number of carbonyl (C=O) groups is 1. The molecule has 4 heteroatoms. The number of aromatic nitrogens is 1. The fourth-order valence-electron chi connectivity index (χ4n) is 3.19. The van der Waals surface area contributed by atoms with Crippen molar-refractivity contribution in [3.05, 3.63) is 54.1 Å². The molecule has 0 fully saturated rings. The van der Waals surface area contributed by atoms with E-state index in [2.05, 4.69) is 4.57 Å². The van der Waals surface area contributed by atoms with Crippen molar-refractivity contribution in [1.82, 2.24) is 4.57 Å². The first kappa shape index (κ1) is 12.7. The number of carboxylic acid groups (broad SMARTS) is 1. The summed E-state index contributed by atoms with van der Waals surface area (Å²) in [6.45, 7) is 0. The predicted molar refractivity (Wildman–Crippen MR) is 86.6 cm³/mol. The molecule has 0 saturated heterocycles. The van der Waals surface area contributed by atoms with Crippen molar-refractivity contribution in [2.45, 2.75) is 0 Å². The highest BCUT2D eigenvalue weighted by atomic mass is 16.4. The van der Waals surface area contributed by atoms with Gasteiger partial charge in [0.05, 0.1) is 0 Å². The molecule has 0 atom stereocenters. The van der Waals surface area contributed by atoms with Crippen LogP contribution in [0.25, 0.3) is 32.6 Å². The molecule has 0 bridgehead atoms. The minimum atomic E-state index is -1.13. The number of hydrogen-bond donors (Lipinski definition) is 2. The molecule has 1 heterocycles. The first-order chi connectivity index (χ1) is 10.6. The number of benzene rings is 3. The van der Waals surface area contributed by atoms with Crippen molar-refractivity contribution in [1.29, 1.82) is 0 Å². The number of phenols is 1. The van der Waals surface area contributed by atoms with E-state index in [4.69, 9.17) is 5.11 Å². The lowest BCUT2D eigenvalue weighted by atomic mass is 10.0. The Bertz CT molecular complexity index is 1080. The van der Waals surface area contributed by atoms with Crippen molar-refractivity contribution in [3.63, 3.8) is 0 Å². The molecule has 108 valence electrons. The van der Waals surface area contributed by atoms with Crippen LogP contribution in [0.2, 0.25) is 0 Å². The van der Waals surface area contributed by atoms with Crippen molar-refractivity contribution in [2.75, 3.05) is 0 Å². The molecule has 0 spiro atoms. The maximum Gasteiger partial charge on any atom is 0.339 e. The number of aromatic hydroxyl groups is 1. The molecule has 0 aliphatic rings. The van der Waals surface area contributed by atoms with Crippen LogP contribution in [0.4, 0.5) is 0 Å². The van der Waals surface area contributed by atoms with Gasteiger partial charge in [0, 0.05) is 28.9 Å². The highest BCUT2D eigenvalue weighted by molar-refractivity contribution is 6.21. The molecule has 3 aromatic carbocycles. The first-order valence-electron chi connectivity index (χ1n) is 6.94. The number of hydrogen-bond acceptors (Lipinski definition) is 2. The number of rotatable bonds is 1. The Morgan fingerprint density at radius 2 is 1.77 bits per heavy atom. The van der Waals surface area contributed by atoms with Gasteiger partial charge in [0.2, 0.25) is 0 Å². The molecule has 0 aliphatic heterocycles. The van der Waals surface area contributed by atoms with E-state index in [0.29, 0.717) is 0 Å². The number of nitrogens with zero attached hydrogens (tertiary/aromatic N) is 1. The van der Waals surface area contributed by atoms with Crippen LogP contribution in [-0.2, 0) is 7.05 Å². The summed E-state index contributed by atoms with van der Waals surface area (Å²) in [7, 11) is 2.00. The van der Waals surface area contributed by atoms with Gasteiger partial charge in [0.25, 0.3) is 0 Å². The zero-order valence-electron chi connectivity index (χ0n) is 11.9. The quantitative estimate of drug-likeness (QED) is 0.559. The average Bonchev–Trinajstić information content (AvgIpc) is 2.80. The van der Waals surface area contributed by atoms with Crippen LogP contribution in [-0.4, -0.2) is 20.7 Å². The van der Waals surface area contributed by atoms with Crippen LogP contribution in [0.1, 0.15) is 10.4 Å². The molecule has 4 aromatic rings. The average molecular weight is 291 g/mol. The summed E-state index contributed by atoms with van der Waals surface area (Å²) >= 11 is 0. The van der Waals surface area contributed by atoms with E-state index in [-0.39, 0.29) is 11.3 Å². The van der Waals surface area contributed by atoms with Crippen LogP contribution in [0.3, 0.4) is 0 Å². The predicted octanol–water partition coefficient (Wildman–Crippen LogP) is 3.89. The number of aryl methyl sites for hydroxylation is 1. The topological polar surface area (TPSA) is 62.5 Å². The van der Waals surface area contributed by atoms with Gasteiger partial charge < -0.3 is 14.8 Å².